The van der Waals surface area contributed by atoms with Gasteiger partial charge in [0.25, 0.3) is 0 Å². The maximum Gasteiger partial charge on any atom is 0.0438 e. The Bertz CT molecular complexity index is 564. The van der Waals surface area contributed by atoms with Crippen LogP contribution in [0.3, 0.4) is 0 Å². The number of nitrogens with zero attached hydrogens (tertiary/aromatic N) is 1. The Hall–Kier alpha value is -1.38. The first kappa shape index (κ1) is 15.0. The van der Waals surface area contributed by atoms with Crippen molar-refractivity contribution in [2.24, 2.45) is 0 Å². The average molecular weight is 289 g/mol. The summed E-state index contributed by atoms with van der Waals surface area (Å²) in [5.74, 6) is 0. The van der Waals surface area contributed by atoms with Gasteiger partial charge in [-0.05, 0) is 49.2 Å². The third kappa shape index (κ3) is 3.81. The van der Waals surface area contributed by atoms with Gasteiger partial charge < -0.3 is 5.32 Å². The standard InChI is InChI=1S/C17H21ClN2/c1-4-19-17(10-15-8-5-12(2)11-20-15)14-7-6-13(3)16(18)9-14/h5-9,11,17,19H,4,10H2,1-3H3. The lowest BCUT2D eigenvalue weighted by atomic mass is 10.00. The molecule has 1 aromatic heterocycles. The Labute approximate surface area is 126 Å². The lowest BCUT2D eigenvalue weighted by molar-refractivity contribution is 0.544. The van der Waals surface area contributed by atoms with Gasteiger partial charge in [0.05, 0.1) is 0 Å². The molecule has 1 atom stereocenters. The van der Waals surface area contributed by atoms with E-state index in [9.17, 15) is 0 Å². The van der Waals surface area contributed by atoms with Gasteiger partial charge in [-0.3, -0.25) is 4.98 Å². The highest BCUT2D eigenvalue weighted by atomic mass is 35.5. The average Bonchev–Trinajstić information content (AvgIpc) is 2.44. The van der Waals surface area contributed by atoms with Crippen molar-refractivity contribution in [1.29, 1.82) is 0 Å². The van der Waals surface area contributed by atoms with Gasteiger partial charge in [-0.2, -0.15) is 0 Å². The first-order valence-electron chi connectivity index (χ1n) is 7.01. The molecule has 0 fully saturated rings. The first-order chi connectivity index (χ1) is 9.60. The van der Waals surface area contributed by atoms with Crippen LogP contribution in [0.15, 0.2) is 36.5 Å². The molecule has 2 nitrogen and oxygen atoms in total. The Kier molecular flexibility index (Phi) is 5.16. The molecular formula is C17H21ClN2. The number of hydrogen-bond acceptors (Lipinski definition) is 2. The summed E-state index contributed by atoms with van der Waals surface area (Å²) in [5.41, 5.74) is 4.61. The van der Waals surface area contributed by atoms with Gasteiger partial charge in [0.15, 0.2) is 0 Å². The number of aryl methyl sites for hydroxylation is 2. The molecule has 0 saturated carbocycles. The van der Waals surface area contributed by atoms with E-state index in [1.54, 1.807) is 0 Å². The molecule has 0 aliphatic heterocycles. The fraction of sp³-hybridized carbons (Fsp3) is 0.353. The summed E-state index contributed by atoms with van der Waals surface area (Å²) in [6.45, 7) is 7.11. The van der Waals surface area contributed by atoms with Crippen molar-refractivity contribution in [3.63, 3.8) is 0 Å². The fourth-order valence-electron chi connectivity index (χ4n) is 2.21. The van der Waals surface area contributed by atoms with Crippen molar-refractivity contribution in [3.05, 3.63) is 63.9 Å². The van der Waals surface area contributed by atoms with E-state index in [-0.39, 0.29) is 6.04 Å². The van der Waals surface area contributed by atoms with E-state index in [0.717, 1.165) is 29.2 Å². The lowest BCUT2D eigenvalue weighted by Crippen LogP contribution is -2.23. The highest BCUT2D eigenvalue weighted by Gasteiger charge is 2.13. The van der Waals surface area contributed by atoms with Crippen LogP contribution < -0.4 is 5.32 Å². The Morgan fingerprint density at radius 2 is 2.00 bits per heavy atom. The molecule has 1 unspecified atom stereocenters. The SMILES string of the molecule is CCNC(Cc1ccc(C)cn1)c1ccc(C)c(Cl)c1. The highest BCUT2D eigenvalue weighted by molar-refractivity contribution is 6.31. The van der Waals surface area contributed by atoms with Crippen LogP contribution in [0.2, 0.25) is 5.02 Å². The van der Waals surface area contributed by atoms with Crippen LogP contribution in [-0.2, 0) is 6.42 Å². The quantitative estimate of drug-likeness (QED) is 0.890. The van der Waals surface area contributed by atoms with Crippen LogP contribution in [0, 0.1) is 13.8 Å². The summed E-state index contributed by atoms with van der Waals surface area (Å²) in [5, 5.41) is 4.33. The molecular weight excluding hydrogens is 268 g/mol. The zero-order valence-corrected chi connectivity index (χ0v) is 13.0. The molecule has 0 saturated heterocycles. The van der Waals surface area contributed by atoms with E-state index in [2.05, 4.69) is 54.5 Å². The van der Waals surface area contributed by atoms with Crippen LogP contribution in [-0.4, -0.2) is 11.5 Å². The molecule has 106 valence electrons. The normalized spacial score (nSPS) is 12.4. The van der Waals surface area contributed by atoms with E-state index in [4.69, 9.17) is 11.6 Å². The van der Waals surface area contributed by atoms with Crippen molar-refractivity contribution in [3.8, 4) is 0 Å². The summed E-state index contributed by atoms with van der Waals surface area (Å²) in [6, 6.07) is 10.7. The smallest absolute Gasteiger partial charge is 0.0438 e. The fourth-order valence-corrected chi connectivity index (χ4v) is 2.40. The maximum absolute atomic E-state index is 6.24. The maximum atomic E-state index is 6.24. The van der Waals surface area contributed by atoms with Gasteiger partial charge in [0, 0.05) is 29.4 Å². The zero-order valence-electron chi connectivity index (χ0n) is 12.3. The van der Waals surface area contributed by atoms with Crippen molar-refractivity contribution < 1.29 is 0 Å². The third-order valence-electron chi connectivity index (χ3n) is 3.43. The van der Waals surface area contributed by atoms with Gasteiger partial charge in [-0.25, -0.2) is 0 Å². The van der Waals surface area contributed by atoms with Crippen LogP contribution in [0.5, 0.6) is 0 Å². The number of hydrogen-bond donors (Lipinski definition) is 1. The van der Waals surface area contributed by atoms with Crippen molar-refractivity contribution in [2.45, 2.75) is 33.2 Å². The Morgan fingerprint density at radius 3 is 2.60 bits per heavy atom. The first-order valence-corrected chi connectivity index (χ1v) is 7.39. The number of pyridine rings is 1. The van der Waals surface area contributed by atoms with Crippen molar-refractivity contribution in [2.75, 3.05) is 6.54 Å². The van der Waals surface area contributed by atoms with E-state index in [1.807, 2.05) is 13.1 Å². The van der Waals surface area contributed by atoms with E-state index in [0.29, 0.717) is 0 Å². The molecule has 0 aliphatic carbocycles. The topological polar surface area (TPSA) is 24.9 Å². The monoisotopic (exact) mass is 288 g/mol. The summed E-state index contributed by atoms with van der Waals surface area (Å²) in [6.07, 6.45) is 2.79. The van der Waals surface area contributed by atoms with E-state index >= 15 is 0 Å². The molecule has 20 heavy (non-hydrogen) atoms. The van der Waals surface area contributed by atoms with E-state index in [1.165, 1.54) is 11.1 Å². The summed E-state index contributed by atoms with van der Waals surface area (Å²) in [7, 11) is 0. The minimum Gasteiger partial charge on any atom is -0.310 e. The van der Waals surface area contributed by atoms with Crippen LogP contribution in [0.1, 0.15) is 35.3 Å². The molecule has 3 heteroatoms. The second kappa shape index (κ2) is 6.87. The number of nitrogens with one attached hydrogen (secondary N) is 1. The third-order valence-corrected chi connectivity index (χ3v) is 3.84. The van der Waals surface area contributed by atoms with Gasteiger partial charge >= 0.3 is 0 Å². The highest BCUT2D eigenvalue weighted by Crippen LogP contribution is 2.23. The van der Waals surface area contributed by atoms with Crippen LogP contribution in [0.25, 0.3) is 0 Å². The molecule has 0 radical (unpaired) electrons. The van der Waals surface area contributed by atoms with Gasteiger partial charge in [0.1, 0.15) is 0 Å². The van der Waals surface area contributed by atoms with Crippen LogP contribution >= 0.6 is 11.6 Å². The number of benzene rings is 1. The molecule has 0 aliphatic rings. The largest absolute Gasteiger partial charge is 0.310 e. The number of likely N-dealkylation sites (N-methyl/N-ethyl adjacent to an activating group) is 1. The predicted octanol–water partition coefficient (Wildman–Crippen LogP) is 4.25. The summed E-state index contributed by atoms with van der Waals surface area (Å²) in [4.78, 5) is 4.49. The second-order valence-electron chi connectivity index (χ2n) is 5.15. The molecule has 0 amide bonds. The van der Waals surface area contributed by atoms with Crippen molar-refractivity contribution in [1.82, 2.24) is 10.3 Å². The molecule has 1 heterocycles. The molecule has 1 N–H and O–H groups in total. The Balaban J connectivity index is 2.21. The lowest BCUT2D eigenvalue weighted by Gasteiger charge is -2.19. The number of rotatable bonds is 5. The zero-order chi connectivity index (χ0) is 14.5. The molecule has 1 aromatic carbocycles. The predicted molar refractivity (Wildman–Crippen MR) is 85.3 cm³/mol. The van der Waals surface area contributed by atoms with Gasteiger partial charge in [-0.1, -0.05) is 36.7 Å². The Morgan fingerprint density at radius 1 is 1.20 bits per heavy atom. The minimum absolute atomic E-state index is 0.244. The van der Waals surface area contributed by atoms with Gasteiger partial charge in [-0.15, -0.1) is 0 Å². The van der Waals surface area contributed by atoms with Crippen molar-refractivity contribution >= 4 is 11.6 Å². The van der Waals surface area contributed by atoms with Crippen LogP contribution in [0.4, 0.5) is 0 Å². The minimum atomic E-state index is 0.244. The number of halogens is 1. The molecule has 2 aromatic rings. The van der Waals surface area contributed by atoms with Gasteiger partial charge in [0.2, 0.25) is 0 Å². The second-order valence-corrected chi connectivity index (χ2v) is 5.56. The summed E-state index contributed by atoms with van der Waals surface area (Å²) >= 11 is 6.24. The van der Waals surface area contributed by atoms with E-state index < -0.39 is 0 Å². The molecule has 0 spiro atoms. The summed E-state index contributed by atoms with van der Waals surface area (Å²) < 4.78 is 0. The number of aromatic nitrogens is 1. The molecule has 0 bridgehead atoms. The molecule has 2 rings (SSSR count).